The van der Waals surface area contributed by atoms with Crippen LogP contribution in [0, 0.1) is 5.92 Å². The molecule has 0 fully saturated rings. The first-order chi connectivity index (χ1) is 11.7. The summed E-state index contributed by atoms with van der Waals surface area (Å²) >= 11 is 0. The third-order valence-electron chi connectivity index (χ3n) is 4.66. The van der Waals surface area contributed by atoms with Crippen LogP contribution in [0.1, 0.15) is 110 Å². The highest BCUT2D eigenvalue weighted by Gasteiger charge is 2.11. The zero-order chi connectivity index (χ0) is 17.9. The van der Waals surface area contributed by atoms with Crippen LogP contribution in [-0.4, -0.2) is 12.6 Å². The van der Waals surface area contributed by atoms with Crippen molar-refractivity contribution in [1.82, 2.24) is 0 Å². The molecule has 2 heteroatoms. The molecule has 0 aliphatic carbocycles. The van der Waals surface area contributed by atoms with Gasteiger partial charge in [0.1, 0.15) is 0 Å². The van der Waals surface area contributed by atoms with Gasteiger partial charge in [-0.05, 0) is 12.8 Å². The topological polar surface area (TPSA) is 26.3 Å². The van der Waals surface area contributed by atoms with Crippen LogP contribution < -0.4 is 0 Å². The lowest BCUT2D eigenvalue weighted by atomic mass is 10.0. The molecule has 0 aliphatic rings. The predicted molar refractivity (Wildman–Crippen MR) is 105 cm³/mol. The summed E-state index contributed by atoms with van der Waals surface area (Å²) in [5.41, 5.74) is 0. The Morgan fingerprint density at radius 3 is 1.67 bits per heavy atom. The van der Waals surface area contributed by atoms with Gasteiger partial charge in [0, 0.05) is 0 Å². The van der Waals surface area contributed by atoms with Gasteiger partial charge in [-0.3, -0.25) is 4.79 Å². The van der Waals surface area contributed by atoms with E-state index in [0.29, 0.717) is 13.0 Å². The number of unbranched alkanes of at least 4 members (excludes halogenated alkanes) is 13. The van der Waals surface area contributed by atoms with Crippen molar-refractivity contribution < 1.29 is 9.53 Å². The molecule has 0 aliphatic heterocycles. The first-order valence-corrected chi connectivity index (χ1v) is 10.5. The average molecular weight is 339 g/mol. The van der Waals surface area contributed by atoms with Gasteiger partial charge in [0.2, 0.25) is 0 Å². The molecule has 24 heavy (non-hydrogen) atoms. The number of ether oxygens (including phenoxy) is 1. The van der Waals surface area contributed by atoms with Crippen molar-refractivity contribution in [3.05, 3.63) is 12.7 Å². The summed E-state index contributed by atoms with van der Waals surface area (Å²) in [5, 5.41) is 0. The van der Waals surface area contributed by atoms with Gasteiger partial charge in [-0.15, -0.1) is 6.58 Å². The van der Waals surface area contributed by atoms with E-state index in [1.807, 2.05) is 6.92 Å². The van der Waals surface area contributed by atoms with Crippen molar-refractivity contribution in [2.24, 2.45) is 5.92 Å². The first kappa shape index (κ1) is 23.2. The lowest BCUT2D eigenvalue weighted by Gasteiger charge is -2.09. The summed E-state index contributed by atoms with van der Waals surface area (Å²) in [6.07, 6.45) is 21.3. The molecule has 1 atom stereocenters. The molecule has 0 aromatic rings. The van der Waals surface area contributed by atoms with Crippen LogP contribution in [0.25, 0.3) is 0 Å². The molecule has 142 valence electrons. The second kappa shape index (κ2) is 18.5. The summed E-state index contributed by atoms with van der Waals surface area (Å²) < 4.78 is 5.28. The van der Waals surface area contributed by atoms with E-state index in [1.165, 1.54) is 83.5 Å². The Hall–Kier alpha value is -0.790. The Kier molecular flexibility index (Phi) is 17.9. The highest BCUT2D eigenvalue weighted by atomic mass is 16.5. The largest absolute Gasteiger partial charge is 0.465 e. The molecular formula is C22H42O2. The third-order valence-corrected chi connectivity index (χ3v) is 4.66. The van der Waals surface area contributed by atoms with Gasteiger partial charge in [-0.25, -0.2) is 0 Å². The molecule has 0 amide bonds. The van der Waals surface area contributed by atoms with Gasteiger partial charge in [0.05, 0.1) is 12.5 Å². The molecule has 1 unspecified atom stereocenters. The maximum atomic E-state index is 11.6. The molecule has 0 saturated carbocycles. The number of rotatable bonds is 18. The molecule has 0 N–H and O–H groups in total. The molecule has 0 spiro atoms. The van der Waals surface area contributed by atoms with Gasteiger partial charge in [-0.1, -0.05) is 103 Å². The Labute approximate surface area is 151 Å². The predicted octanol–water partition coefficient (Wildman–Crippen LogP) is 7.22. The normalized spacial score (nSPS) is 12.1. The standard InChI is InChI=1S/C22H42O2/c1-4-6-7-8-9-10-11-12-13-14-15-16-17-18-20-24-22(23)21(3)19-5-2/h5,21H,2,4,6-20H2,1,3H3. The highest BCUT2D eigenvalue weighted by molar-refractivity contribution is 5.72. The fraction of sp³-hybridized carbons (Fsp3) is 0.864. The molecule has 0 rings (SSSR count). The molecule has 0 saturated heterocycles. The smallest absolute Gasteiger partial charge is 0.308 e. The monoisotopic (exact) mass is 338 g/mol. The van der Waals surface area contributed by atoms with Crippen LogP contribution >= 0.6 is 0 Å². The number of esters is 1. The zero-order valence-corrected chi connectivity index (χ0v) is 16.5. The minimum Gasteiger partial charge on any atom is -0.465 e. The van der Waals surface area contributed by atoms with E-state index >= 15 is 0 Å². The Morgan fingerprint density at radius 2 is 1.25 bits per heavy atom. The summed E-state index contributed by atoms with van der Waals surface area (Å²) in [6.45, 7) is 8.41. The summed E-state index contributed by atoms with van der Waals surface area (Å²) in [4.78, 5) is 11.6. The lowest BCUT2D eigenvalue weighted by Crippen LogP contribution is -2.14. The van der Waals surface area contributed by atoms with E-state index in [1.54, 1.807) is 6.08 Å². The second-order valence-electron chi connectivity index (χ2n) is 7.19. The highest BCUT2D eigenvalue weighted by Crippen LogP contribution is 2.13. The maximum absolute atomic E-state index is 11.6. The molecule has 0 aromatic heterocycles. The van der Waals surface area contributed by atoms with Crippen LogP contribution in [0.5, 0.6) is 0 Å². The molecule has 2 nitrogen and oxygen atoms in total. The van der Waals surface area contributed by atoms with Crippen molar-refractivity contribution in [1.29, 1.82) is 0 Å². The van der Waals surface area contributed by atoms with Crippen LogP contribution in [-0.2, 0) is 9.53 Å². The Balaban J connectivity index is 3.15. The van der Waals surface area contributed by atoms with Crippen LogP contribution in [0.4, 0.5) is 0 Å². The van der Waals surface area contributed by atoms with E-state index in [9.17, 15) is 4.79 Å². The number of allylic oxidation sites excluding steroid dienone is 1. The van der Waals surface area contributed by atoms with Crippen LogP contribution in [0.15, 0.2) is 12.7 Å². The van der Waals surface area contributed by atoms with Crippen molar-refractivity contribution in [2.75, 3.05) is 6.61 Å². The van der Waals surface area contributed by atoms with Crippen molar-refractivity contribution in [3.8, 4) is 0 Å². The minimum absolute atomic E-state index is 0.0471. The van der Waals surface area contributed by atoms with Gasteiger partial charge in [-0.2, -0.15) is 0 Å². The van der Waals surface area contributed by atoms with Crippen LogP contribution in [0.3, 0.4) is 0 Å². The second-order valence-corrected chi connectivity index (χ2v) is 7.19. The minimum atomic E-state index is -0.0791. The van der Waals surface area contributed by atoms with Crippen molar-refractivity contribution in [2.45, 2.75) is 110 Å². The maximum Gasteiger partial charge on any atom is 0.308 e. The summed E-state index contributed by atoms with van der Waals surface area (Å²) in [7, 11) is 0. The van der Waals surface area contributed by atoms with E-state index in [-0.39, 0.29) is 11.9 Å². The number of hydrogen-bond donors (Lipinski definition) is 0. The first-order valence-electron chi connectivity index (χ1n) is 10.5. The van der Waals surface area contributed by atoms with Crippen molar-refractivity contribution in [3.63, 3.8) is 0 Å². The quantitative estimate of drug-likeness (QED) is 0.150. The Bertz CT molecular complexity index is 286. The molecule has 0 bridgehead atoms. The number of hydrogen-bond acceptors (Lipinski definition) is 2. The zero-order valence-electron chi connectivity index (χ0n) is 16.5. The molecule has 0 radical (unpaired) electrons. The molecular weight excluding hydrogens is 296 g/mol. The number of carbonyl (C=O) groups excluding carboxylic acids is 1. The van der Waals surface area contributed by atoms with Gasteiger partial charge >= 0.3 is 5.97 Å². The molecule has 0 aromatic carbocycles. The third kappa shape index (κ3) is 16.1. The van der Waals surface area contributed by atoms with E-state index in [0.717, 1.165) is 6.42 Å². The van der Waals surface area contributed by atoms with E-state index < -0.39 is 0 Å². The summed E-state index contributed by atoms with van der Waals surface area (Å²) in [5.74, 6) is -0.126. The number of carbonyl (C=O) groups is 1. The van der Waals surface area contributed by atoms with E-state index in [2.05, 4.69) is 13.5 Å². The average Bonchev–Trinajstić information content (AvgIpc) is 2.58. The SMILES string of the molecule is C=CCC(C)C(=O)OCCCCCCCCCCCCCCCC. The summed E-state index contributed by atoms with van der Waals surface area (Å²) in [6, 6.07) is 0. The molecule has 0 heterocycles. The van der Waals surface area contributed by atoms with Crippen LogP contribution in [0.2, 0.25) is 0 Å². The van der Waals surface area contributed by atoms with Gasteiger partial charge < -0.3 is 4.74 Å². The van der Waals surface area contributed by atoms with Gasteiger partial charge in [0.15, 0.2) is 0 Å². The van der Waals surface area contributed by atoms with E-state index in [4.69, 9.17) is 4.74 Å². The lowest BCUT2D eigenvalue weighted by molar-refractivity contribution is -0.147. The van der Waals surface area contributed by atoms with Crippen molar-refractivity contribution >= 4 is 5.97 Å². The van der Waals surface area contributed by atoms with Gasteiger partial charge in [0.25, 0.3) is 0 Å². The fourth-order valence-electron chi connectivity index (χ4n) is 2.96. The Morgan fingerprint density at radius 1 is 0.833 bits per heavy atom. The fourth-order valence-corrected chi connectivity index (χ4v) is 2.96.